The van der Waals surface area contributed by atoms with E-state index in [4.69, 9.17) is 4.74 Å². The lowest BCUT2D eigenvalue weighted by Crippen LogP contribution is -2.58. The Balaban J connectivity index is 1.54. The number of hydrogen-bond acceptors (Lipinski definition) is 5. The third kappa shape index (κ3) is 4.99. The summed E-state index contributed by atoms with van der Waals surface area (Å²) in [4.78, 5) is 27.3. The zero-order valence-electron chi connectivity index (χ0n) is 15.4. The number of amides is 1. The van der Waals surface area contributed by atoms with Crippen LogP contribution in [0.4, 0.5) is 4.39 Å². The Bertz CT molecular complexity index is 792. The van der Waals surface area contributed by atoms with Crippen LogP contribution in [0.5, 0.6) is 0 Å². The monoisotopic (exact) mass is 386 g/mol. The summed E-state index contributed by atoms with van der Waals surface area (Å²) in [5, 5.41) is 13.3. The van der Waals surface area contributed by atoms with Crippen molar-refractivity contribution in [3.8, 4) is 0 Å². The largest absolute Gasteiger partial charge is 0.380 e. The van der Waals surface area contributed by atoms with Crippen LogP contribution in [-0.4, -0.2) is 34.0 Å². The van der Waals surface area contributed by atoms with Gasteiger partial charge in [0.2, 0.25) is 0 Å². The maximum Gasteiger partial charge on any atom is 0.252 e. The van der Waals surface area contributed by atoms with Gasteiger partial charge in [-0.25, -0.2) is 4.39 Å². The third-order valence-electron chi connectivity index (χ3n) is 4.87. The lowest BCUT2D eigenvalue weighted by molar-refractivity contribution is -0.173. The molecular weight excluding hydrogens is 363 g/mol. The van der Waals surface area contributed by atoms with Crippen molar-refractivity contribution in [2.45, 2.75) is 50.0 Å². The Kier molecular flexibility index (Phi) is 6.49. The predicted molar refractivity (Wildman–Crippen MR) is 99.6 cm³/mol. The van der Waals surface area contributed by atoms with Crippen molar-refractivity contribution < 1.29 is 23.8 Å². The van der Waals surface area contributed by atoms with Gasteiger partial charge in [0.15, 0.2) is 0 Å². The summed E-state index contributed by atoms with van der Waals surface area (Å²) in [7, 11) is 0. The normalized spacial score (nSPS) is 22.1. The maximum atomic E-state index is 13.1. The van der Waals surface area contributed by atoms with Crippen LogP contribution in [0.25, 0.3) is 0 Å². The van der Waals surface area contributed by atoms with E-state index in [1.54, 1.807) is 0 Å². The summed E-state index contributed by atoms with van der Waals surface area (Å²) < 4.78 is 18.8. The number of aliphatic hydroxyl groups is 1. The first-order valence-corrected chi connectivity index (χ1v) is 9.24. The van der Waals surface area contributed by atoms with Crippen LogP contribution in [0.2, 0.25) is 0 Å². The number of pyridine rings is 1. The van der Waals surface area contributed by atoms with E-state index in [0.717, 1.165) is 18.0 Å². The third-order valence-corrected chi connectivity index (χ3v) is 4.87. The smallest absolute Gasteiger partial charge is 0.252 e. The molecule has 1 saturated carbocycles. The first-order valence-electron chi connectivity index (χ1n) is 9.24. The van der Waals surface area contributed by atoms with Gasteiger partial charge in [0.1, 0.15) is 17.7 Å². The standard InChI is InChI=1S/C21H23FN2O4/c22-16-8-9-18(23-13-16)19(7-4-10-25)24-20(26)21(27)11-17(12-21)28-14-15-5-2-1-3-6-15/h1-3,5-6,8-10,13,17,19,27H,4,7,11-12,14H2,(H,24,26)/t17?,19-,21?/m0/s1. The van der Waals surface area contributed by atoms with Crippen LogP contribution in [0, 0.1) is 5.82 Å². The zero-order valence-corrected chi connectivity index (χ0v) is 15.4. The molecule has 0 aliphatic heterocycles. The van der Waals surface area contributed by atoms with Crippen molar-refractivity contribution >= 4 is 12.2 Å². The van der Waals surface area contributed by atoms with E-state index in [-0.39, 0.29) is 25.4 Å². The maximum absolute atomic E-state index is 13.1. The van der Waals surface area contributed by atoms with Gasteiger partial charge in [0, 0.05) is 19.3 Å². The molecule has 6 nitrogen and oxygen atoms in total. The number of carbonyl (C=O) groups is 2. The van der Waals surface area contributed by atoms with Crippen LogP contribution < -0.4 is 5.32 Å². The Morgan fingerprint density at radius 2 is 2.07 bits per heavy atom. The van der Waals surface area contributed by atoms with Gasteiger partial charge in [-0.05, 0) is 24.1 Å². The molecule has 0 spiro atoms. The first kappa shape index (κ1) is 20.1. The van der Waals surface area contributed by atoms with Crippen LogP contribution >= 0.6 is 0 Å². The minimum atomic E-state index is -1.51. The second kappa shape index (κ2) is 9.03. The SMILES string of the molecule is O=CCC[C@H](NC(=O)C1(O)CC(OCc2ccccc2)C1)c1ccc(F)cn1. The number of carbonyl (C=O) groups excluding carboxylic acids is 2. The quantitative estimate of drug-likeness (QED) is 0.647. The highest BCUT2D eigenvalue weighted by Gasteiger charge is 2.49. The summed E-state index contributed by atoms with van der Waals surface area (Å²) in [6.07, 6.45) is 2.53. The van der Waals surface area contributed by atoms with Gasteiger partial charge < -0.3 is 20.0 Å². The molecule has 148 valence electrons. The zero-order chi connectivity index (χ0) is 20.0. The van der Waals surface area contributed by atoms with Gasteiger partial charge in [-0.15, -0.1) is 0 Å². The van der Waals surface area contributed by atoms with E-state index in [0.29, 0.717) is 18.7 Å². The molecule has 1 aliphatic carbocycles. The predicted octanol–water partition coefficient (Wildman–Crippen LogP) is 2.47. The van der Waals surface area contributed by atoms with Gasteiger partial charge in [-0.1, -0.05) is 30.3 Å². The first-order chi connectivity index (χ1) is 13.5. The highest BCUT2D eigenvalue weighted by atomic mass is 19.1. The lowest BCUT2D eigenvalue weighted by atomic mass is 9.76. The highest BCUT2D eigenvalue weighted by molar-refractivity contribution is 5.86. The summed E-state index contributed by atoms with van der Waals surface area (Å²) >= 11 is 0. The molecule has 2 aromatic rings. The van der Waals surface area contributed by atoms with Gasteiger partial charge in [-0.3, -0.25) is 9.78 Å². The number of rotatable bonds is 9. The van der Waals surface area contributed by atoms with Crippen molar-refractivity contribution in [1.29, 1.82) is 0 Å². The molecule has 3 rings (SSSR count). The molecule has 0 bridgehead atoms. The molecule has 28 heavy (non-hydrogen) atoms. The molecule has 7 heteroatoms. The molecular formula is C21H23FN2O4. The minimum Gasteiger partial charge on any atom is -0.380 e. The summed E-state index contributed by atoms with van der Waals surface area (Å²) in [5.41, 5.74) is -0.0454. The number of ether oxygens (including phenoxy) is 1. The number of hydrogen-bond donors (Lipinski definition) is 2. The second-order valence-electron chi connectivity index (χ2n) is 7.03. The summed E-state index contributed by atoms with van der Waals surface area (Å²) in [6, 6.07) is 11.8. The molecule has 0 unspecified atom stereocenters. The van der Waals surface area contributed by atoms with Crippen molar-refractivity contribution in [1.82, 2.24) is 10.3 Å². The van der Waals surface area contributed by atoms with E-state index >= 15 is 0 Å². The van der Waals surface area contributed by atoms with Gasteiger partial charge in [0.25, 0.3) is 5.91 Å². The highest BCUT2D eigenvalue weighted by Crippen LogP contribution is 2.36. The van der Waals surface area contributed by atoms with E-state index < -0.39 is 23.4 Å². The van der Waals surface area contributed by atoms with E-state index in [9.17, 15) is 19.1 Å². The number of nitrogens with zero attached hydrogens (tertiary/aromatic N) is 1. The topological polar surface area (TPSA) is 88.5 Å². The molecule has 1 atom stereocenters. The van der Waals surface area contributed by atoms with Gasteiger partial charge in [-0.2, -0.15) is 0 Å². The van der Waals surface area contributed by atoms with Crippen molar-refractivity contribution in [2.24, 2.45) is 0 Å². The number of nitrogens with one attached hydrogen (secondary N) is 1. The number of halogens is 1. The van der Waals surface area contributed by atoms with Crippen molar-refractivity contribution in [2.75, 3.05) is 0 Å². The minimum absolute atomic E-state index is 0.197. The van der Waals surface area contributed by atoms with E-state index in [1.807, 2.05) is 30.3 Å². The Morgan fingerprint density at radius 1 is 1.32 bits per heavy atom. The average molecular weight is 386 g/mol. The van der Waals surface area contributed by atoms with Crippen LogP contribution in [-0.2, 0) is 20.9 Å². The fourth-order valence-corrected chi connectivity index (χ4v) is 3.20. The number of aldehydes is 1. The van der Waals surface area contributed by atoms with Gasteiger partial charge >= 0.3 is 0 Å². The van der Waals surface area contributed by atoms with Crippen molar-refractivity contribution in [3.63, 3.8) is 0 Å². The molecule has 0 radical (unpaired) electrons. The Morgan fingerprint density at radius 3 is 2.71 bits per heavy atom. The van der Waals surface area contributed by atoms with Crippen LogP contribution in [0.15, 0.2) is 48.7 Å². The molecule has 1 heterocycles. The van der Waals surface area contributed by atoms with Crippen molar-refractivity contribution in [3.05, 3.63) is 65.7 Å². The average Bonchev–Trinajstić information content (AvgIpc) is 2.69. The fraction of sp³-hybridized carbons (Fsp3) is 0.381. The molecule has 1 aliphatic rings. The van der Waals surface area contributed by atoms with E-state index in [1.165, 1.54) is 12.1 Å². The second-order valence-corrected chi connectivity index (χ2v) is 7.03. The Hall–Kier alpha value is -2.64. The van der Waals surface area contributed by atoms with Gasteiger partial charge in [0.05, 0.1) is 30.6 Å². The Labute approximate surface area is 162 Å². The number of benzene rings is 1. The number of aromatic nitrogens is 1. The molecule has 1 fully saturated rings. The molecule has 1 aromatic heterocycles. The summed E-state index contributed by atoms with van der Waals surface area (Å²) in [6.45, 7) is 0.421. The fourth-order valence-electron chi connectivity index (χ4n) is 3.20. The molecule has 1 aromatic carbocycles. The molecule has 2 N–H and O–H groups in total. The molecule has 1 amide bonds. The van der Waals surface area contributed by atoms with Crippen LogP contribution in [0.1, 0.15) is 43.0 Å². The van der Waals surface area contributed by atoms with E-state index in [2.05, 4.69) is 10.3 Å². The summed E-state index contributed by atoms with van der Waals surface area (Å²) in [5.74, 6) is -1.02. The molecule has 0 saturated heterocycles. The van der Waals surface area contributed by atoms with Crippen LogP contribution in [0.3, 0.4) is 0 Å². The lowest BCUT2D eigenvalue weighted by Gasteiger charge is -2.42.